The van der Waals surface area contributed by atoms with Crippen LogP contribution in [0.15, 0.2) is 24.3 Å². The van der Waals surface area contributed by atoms with Gasteiger partial charge in [-0.2, -0.15) is 0 Å². The van der Waals surface area contributed by atoms with Crippen LogP contribution in [0.5, 0.6) is 0 Å². The van der Waals surface area contributed by atoms with Crippen molar-refractivity contribution in [2.45, 2.75) is 18.9 Å². The van der Waals surface area contributed by atoms with Crippen LogP contribution in [0.2, 0.25) is 0 Å². The topological polar surface area (TPSA) is 58.6 Å². The van der Waals surface area contributed by atoms with Crippen LogP contribution in [0.4, 0.5) is 5.69 Å². The van der Waals surface area contributed by atoms with Gasteiger partial charge in [-0.15, -0.1) is 0 Å². The van der Waals surface area contributed by atoms with E-state index in [0.717, 1.165) is 13.0 Å². The zero-order valence-electron chi connectivity index (χ0n) is 9.19. The first kappa shape index (κ1) is 11.0. The average molecular weight is 221 g/mol. The van der Waals surface area contributed by atoms with Gasteiger partial charge in [-0.1, -0.05) is 12.1 Å². The van der Waals surface area contributed by atoms with Gasteiger partial charge in [0.25, 0.3) is 0 Å². The first-order valence-corrected chi connectivity index (χ1v) is 5.29. The zero-order valence-corrected chi connectivity index (χ0v) is 9.19. The molecule has 0 aliphatic carbocycles. The van der Waals surface area contributed by atoms with Gasteiger partial charge < -0.3 is 15.2 Å². The molecule has 4 heteroatoms. The number of nitrogens with one attached hydrogen (secondary N) is 1. The minimum absolute atomic E-state index is 0.161. The lowest BCUT2D eigenvalue weighted by molar-refractivity contribution is 0.0698. The molecule has 1 saturated heterocycles. The Kier molecular flexibility index (Phi) is 2.83. The molecule has 2 N–H and O–H groups in total. The number of anilines is 1. The molecule has 1 aromatic carbocycles. The summed E-state index contributed by atoms with van der Waals surface area (Å²) in [6.45, 7) is 3.37. The van der Waals surface area contributed by atoms with Gasteiger partial charge in [-0.25, -0.2) is 4.79 Å². The smallest absolute Gasteiger partial charge is 0.337 e. The molecule has 0 spiro atoms. The van der Waals surface area contributed by atoms with Crippen LogP contribution >= 0.6 is 0 Å². The highest BCUT2D eigenvalue weighted by Crippen LogP contribution is 2.25. The number of carboxylic acids is 1. The second-order valence-corrected chi connectivity index (χ2v) is 4.34. The largest absolute Gasteiger partial charge is 0.478 e. The predicted octanol–water partition coefficient (Wildman–Crippen LogP) is 1.98. The fourth-order valence-electron chi connectivity index (χ4n) is 1.87. The van der Waals surface area contributed by atoms with Crippen molar-refractivity contribution < 1.29 is 14.6 Å². The molecular weight excluding hydrogens is 206 g/mol. The van der Waals surface area contributed by atoms with Crippen LogP contribution in [-0.2, 0) is 4.74 Å². The van der Waals surface area contributed by atoms with Gasteiger partial charge in [-0.05, 0) is 25.5 Å². The highest BCUT2D eigenvalue weighted by Gasteiger charge is 2.30. The van der Waals surface area contributed by atoms with Gasteiger partial charge in [0.05, 0.1) is 17.7 Å². The van der Waals surface area contributed by atoms with Crippen molar-refractivity contribution in [3.05, 3.63) is 29.8 Å². The van der Waals surface area contributed by atoms with E-state index in [0.29, 0.717) is 17.9 Å². The summed E-state index contributed by atoms with van der Waals surface area (Å²) in [4.78, 5) is 11.0. The lowest BCUT2D eigenvalue weighted by atomic mass is 10.0. The summed E-state index contributed by atoms with van der Waals surface area (Å²) >= 11 is 0. The molecule has 1 aliphatic rings. The Labute approximate surface area is 94.2 Å². The number of aromatic carboxylic acids is 1. The first-order valence-electron chi connectivity index (χ1n) is 5.29. The van der Waals surface area contributed by atoms with Gasteiger partial charge in [0.1, 0.15) is 0 Å². The molecule has 1 fully saturated rings. The van der Waals surface area contributed by atoms with Crippen LogP contribution < -0.4 is 5.32 Å². The van der Waals surface area contributed by atoms with Crippen LogP contribution in [0.3, 0.4) is 0 Å². The van der Waals surface area contributed by atoms with Gasteiger partial charge in [-0.3, -0.25) is 0 Å². The van der Waals surface area contributed by atoms with Gasteiger partial charge in [0.2, 0.25) is 0 Å². The number of hydrogen-bond acceptors (Lipinski definition) is 3. The maximum Gasteiger partial charge on any atom is 0.337 e. The van der Waals surface area contributed by atoms with Crippen molar-refractivity contribution in [3.63, 3.8) is 0 Å². The molecule has 2 rings (SSSR count). The number of benzene rings is 1. The van der Waals surface area contributed by atoms with Gasteiger partial charge in [0.15, 0.2) is 0 Å². The Bertz CT molecular complexity index is 397. The molecule has 86 valence electrons. The molecule has 0 aromatic heterocycles. The molecule has 1 heterocycles. The monoisotopic (exact) mass is 221 g/mol. The summed E-state index contributed by atoms with van der Waals surface area (Å²) < 4.78 is 5.32. The van der Waals surface area contributed by atoms with Crippen LogP contribution in [0, 0.1) is 0 Å². The van der Waals surface area contributed by atoms with E-state index < -0.39 is 5.97 Å². The summed E-state index contributed by atoms with van der Waals surface area (Å²) in [6.07, 6.45) is 0.890. The average Bonchev–Trinajstić information content (AvgIpc) is 2.65. The van der Waals surface area contributed by atoms with E-state index in [1.165, 1.54) is 0 Å². The van der Waals surface area contributed by atoms with Crippen molar-refractivity contribution in [1.29, 1.82) is 0 Å². The Morgan fingerprint density at radius 2 is 2.25 bits per heavy atom. The summed E-state index contributed by atoms with van der Waals surface area (Å²) in [7, 11) is 0. The molecule has 1 aliphatic heterocycles. The van der Waals surface area contributed by atoms with Crippen molar-refractivity contribution in [1.82, 2.24) is 0 Å². The maximum atomic E-state index is 11.0. The minimum Gasteiger partial charge on any atom is -0.478 e. The number of carboxylic acid groups (broad SMARTS) is 1. The minimum atomic E-state index is -0.911. The third kappa shape index (κ3) is 2.17. The van der Waals surface area contributed by atoms with E-state index in [9.17, 15) is 4.79 Å². The van der Waals surface area contributed by atoms with Gasteiger partial charge >= 0.3 is 5.97 Å². The molecule has 0 radical (unpaired) electrons. The Morgan fingerprint density at radius 1 is 1.50 bits per heavy atom. The number of rotatable bonds is 3. The van der Waals surface area contributed by atoms with E-state index in [-0.39, 0.29) is 5.54 Å². The summed E-state index contributed by atoms with van der Waals surface area (Å²) in [5.74, 6) is -0.911. The highest BCUT2D eigenvalue weighted by atomic mass is 16.5. The molecule has 4 nitrogen and oxygen atoms in total. The van der Waals surface area contributed by atoms with E-state index in [2.05, 4.69) is 5.32 Å². The quantitative estimate of drug-likeness (QED) is 0.819. The van der Waals surface area contributed by atoms with Crippen LogP contribution in [0.25, 0.3) is 0 Å². The van der Waals surface area contributed by atoms with E-state index >= 15 is 0 Å². The van der Waals surface area contributed by atoms with Gasteiger partial charge in [0, 0.05) is 12.3 Å². The molecular formula is C12H15NO3. The molecule has 16 heavy (non-hydrogen) atoms. The lowest BCUT2D eigenvalue weighted by Crippen LogP contribution is -2.35. The van der Waals surface area contributed by atoms with Crippen molar-refractivity contribution >= 4 is 11.7 Å². The van der Waals surface area contributed by atoms with Crippen LogP contribution in [0.1, 0.15) is 23.7 Å². The second-order valence-electron chi connectivity index (χ2n) is 4.34. The first-order chi connectivity index (χ1) is 7.61. The molecule has 1 aromatic rings. The third-order valence-electron chi connectivity index (χ3n) is 2.81. The molecule has 1 atom stereocenters. The molecule has 0 bridgehead atoms. The zero-order chi connectivity index (χ0) is 11.6. The normalized spacial score (nSPS) is 24.3. The van der Waals surface area contributed by atoms with E-state index in [4.69, 9.17) is 9.84 Å². The number of hydrogen-bond donors (Lipinski definition) is 2. The Hall–Kier alpha value is -1.55. The summed E-state index contributed by atoms with van der Waals surface area (Å²) in [5, 5.41) is 12.3. The maximum absolute atomic E-state index is 11.0. The second kappa shape index (κ2) is 4.14. The summed E-state index contributed by atoms with van der Waals surface area (Å²) in [6, 6.07) is 6.94. The SMILES string of the molecule is CC1(Nc2ccccc2C(=O)O)CCOC1. The number of carbonyl (C=O) groups is 1. The Morgan fingerprint density at radius 3 is 2.88 bits per heavy atom. The fourth-order valence-corrected chi connectivity index (χ4v) is 1.87. The van der Waals surface area contributed by atoms with E-state index in [1.807, 2.05) is 13.0 Å². The highest BCUT2D eigenvalue weighted by molar-refractivity contribution is 5.94. The Balaban J connectivity index is 2.23. The van der Waals surface area contributed by atoms with Crippen molar-refractivity contribution in [2.24, 2.45) is 0 Å². The van der Waals surface area contributed by atoms with E-state index in [1.54, 1.807) is 18.2 Å². The molecule has 0 saturated carbocycles. The fraction of sp³-hybridized carbons (Fsp3) is 0.417. The summed E-state index contributed by atoms with van der Waals surface area (Å²) in [5.41, 5.74) is 0.796. The molecule has 1 unspecified atom stereocenters. The standard InChI is InChI=1S/C12H15NO3/c1-12(6-7-16-8-12)13-10-5-3-2-4-9(10)11(14)15/h2-5,13H,6-8H2,1H3,(H,14,15). The number of ether oxygens (including phenoxy) is 1. The predicted molar refractivity (Wildman–Crippen MR) is 60.9 cm³/mol. The van der Waals surface area contributed by atoms with Crippen LogP contribution in [-0.4, -0.2) is 29.8 Å². The third-order valence-corrected chi connectivity index (χ3v) is 2.81. The molecule has 0 amide bonds. The number of para-hydroxylation sites is 1. The van der Waals surface area contributed by atoms with Crippen molar-refractivity contribution in [2.75, 3.05) is 18.5 Å². The lowest BCUT2D eigenvalue weighted by Gasteiger charge is -2.25. The van der Waals surface area contributed by atoms with Crippen molar-refractivity contribution in [3.8, 4) is 0 Å².